The summed E-state index contributed by atoms with van der Waals surface area (Å²) in [7, 11) is 0. The van der Waals surface area contributed by atoms with Crippen molar-refractivity contribution in [3.8, 4) is 0 Å². The van der Waals surface area contributed by atoms with Gasteiger partial charge in [0.05, 0.1) is 0 Å². The quantitative estimate of drug-likeness (QED) is 0.417. The number of fused-ring (bicyclic) bond motifs is 3. The zero-order chi connectivity index (χ0) is 19.0. The number of nitrogens with zero attached hydrogens (tertiary/aromatic N) is 1. The molecule has 1 aromatic heterocycles. The summed E-state index contributed by atoms with van der Waals surface area (Å²) in [6.07, 6.45) is 0. The molecule has 0 bridgehead atoms. The molecule has 0 unspecified atom stereocenters. The number of nitrogens with one attached hydrogen (secondary N) is 2. The highest BCUT2D eigenvalue weighted by Gasteiger charge is 2.10. The molecule has 0 radical (unpaired) electrons. The summed E-state index contributed by atoms with van der Waals surface area (Å²) in [4.78, 5) is 0. The second-order valence-corrected chi connectivity index (χ2v) is 7.25. The van der Waals surface area contributed by atoms with Gasteiger partial charge < -0.3 is 15.2 Å². The molecule has 2 N–H and O–H groups in total. The topological polar surface area (TPSA) is 29.0 Å². The number of hydrogen-bond acceptors (Lipinski definition) is 1. The molecule has 4 heteroatoms. The normalized spacial score (nSPS) is 11.1. The summed E-state index contributed by atoms with van der Waals surface area (Å²) in [6.45, 7) is 7.30. The lowest BCUT2D eigenvalue weighted by atomic mass is 10.1. The number of aromatic nitrogens is 1. The van der Waals surface area contributed by atoms with Gasteiger partial charge in [0.1, 0.15) is 0 Å². The molecule has 4 rings (SSSR count). The maximum atomic E-state index is 5.56. The van der Waals surface area contributed by atoms with Crippen LogP contribution in [-0.2, 0) is 6.54 Å². The van der Waals surface area contributed by atoms with E-state index in [0.29, 0.717) is 5.11 Å². The molecule has 0 atom stereocenters. The van der Waals surface area contributed by atoms with Crippen molar-refractivity contribution < 1.29 is 0 Å². The van der Waals surface area contributed by atoms with Crippen molar-refractivity contribution in [3.05, 3.63) is 71.8 Å². The molecule has 0 aliphatic heterocycles. The highest BCUT2D eigenvalue weighted by Crippen LogP contribution is 2.31. The minimum absolute atomic E-state index is 0.603. The molecular weight excluding hydrogens is 350 g/mol. The largest absolute Gasteiger partial charge is 0.341 e. The Hall–Kier alpha value is -2.85. The van der Waals surface area contributed by atoms with Gasteiger partial charge in [0.2, 0.25) is 0 Å². The van der Waals surface area contributed by atoms with Crippen LogP contribution in [0.1, 0.15) is 18.1 Å². The van der Waals surface area contributed by atoms with Gasteiger partial charge in [-0.15, -0.1) is 0 Å². The third-order valence-corrected chi connectivity index (χ3v) is 5.27. The van der Waals surface area contributed by atoms with E-state index in [-0.39, 0.29) is 0 Å². The van der Waals surface area contributed by atoms with E-state index in [1.165, 1.54) is 32.9 Å². The molecule has 0 aliphatic carbocycles. The Bertz CT molecular complexity index is 1140. The molecule has 0 spiro atoms. The molecule has 3 nitrogen and oxygen atoms in total. The first-order valence-corrected chi connectivity index (χ1v) is 9.64. The first-order chi connectivity index (χ1) is 13.1. The van der Waals surface area contributed by atoms with Crippen molar-refractivity contribution >= 4 is 50.5 Å². The second kappa shape index (κ2) is 7.05. The first-order valence-electron chi connectivity index (χ1n) is 9.23. The summed E-state index contributed by atoms with van der Waals surface area (Å²) >= 11 is 5.56. The number of para-hydroxylation sites is 2. The Labute approximate surface area is 165 Å². The summed E-state index contributed by atoms with van der Waals surface area (Å²) in [5.74, 6) is 0. The predicted octanol–water partition coefficient (Wildman–Crippen LogP) is 6.24. The molecule has 0 saturated heterocycles. The molecule has 0 fully saturated rings. The van der Waals surface area contributed by atoms with Gasteiger partial charge in [0.25, 0.3) is 0 Å². The Balaban J connectivity index is 1.67. The van der Waals surface area contributed by atoms with Crippen LogP contribution in [-0.4, -0.2) is 9.68 Å². The average Bonchev–Trinajstić information content (AvgIpc) is 2.98. The molecule has 136 valence electrons. The molecule has 4 aromatic rings. The van der Waals surface area contributed by atoms with Gasteiger partial charge in [-0.25, -0.2) is 0 Å². The molecule has 0 amide bonds. The van der Waals surface area contributed by atoms with Gasteiger partial charge in [-0.05, 0) is 68.4 Å². The van der Waals surface area contributed by atoms with Gasteiger partial charge in [-0.1, -0.05) is 36.4 Å². The van der Waals surface area contributed by atoms with Crippen LogP contribution < -0.4 is 10.6 Å². The van der Waals surface area contributed by atoms with E-state index in [1.54, 1.807) is 0 Å². The second-order valence-electron chi connectivity index (χ2n) is 6.84. The van der Waals surface area contributed by atoms with Crippen molar-refractivity contribution in [3.63, 3.8) is 0 Å². The molecular formula is C23H23N3S. The zero-order valence-electron chi connectivity index (χ0n) is 15.8. The van der Waals surface area contributed by atoms with E-state index in [1.807, 2.05) is 0 Å². The number of aryl methyl sites for hydroxylation is 3. The Morgan fingerprint density at radius 1 is 0.852 bits per heavy atom. The molecule has 3 aromatic carbocycles. The Morgan fingerprint density at radius 3 is 2.30 bits per heavy atom. The predicted molar refractivity (Wildman–Crippen MR) is 121 cm³/mol. The van der Waals surface area contributed by atoms with Crippen LogP contribution in [0.15, 0.2) is 60.7 Å². The summed E-state index contributed by atoms with van der Waals surface area (Å²) in [5.41, 5.74) is 6.94. The van der Waals surface area contributed by atoms with Gasteiger partial charge in [0.15, 0.2) is 5.11 Å². The van der Waals surface area contributed by atoms with Crippen LogP contribution in [0.4, 0.5) is 11.4 Å². The summed E-state index contributed by atoms with van der Waals surface area (Å²) in [5, 5.41) is 9.80. The van der Waals surface area contributed by atoms with Crippen LogP contribution in [0.25, 0.3) is 21.8 Å². The van der Waals surface area contributed by atoms with E-state index in [0.717, 1.165) is 17.9 Å². The lowest BCUT2D eigenvalue weighted by Gasteiger charge is -2.15. The van der Waals surface area contributed by atoms with Crippen LogP contribution in [0.5, 0.6) is 0 Å². The maximum Gasteiger partial charge on any atom is 0.175 e. The maximum absolute atomic E-state index is 5.56. The number of thiocarbonyl (C=S) groups is 1. The number of rotatable bonds is 3. The van der Waals surface area contributed by atoms with Crippen molar-refractivity contribution in [2.75, 3.05) is 10.6 Å². The monoisotopic (exact) mass is 373 g/mol. The minimum atomic E-state index is 0.603. The van der Waals surface area contributed by atoms with Crippen LogP contribution in [0, 0.1) is 13.8 Å². The Morgan fingerprint density at radius 2 is 1.56 bits per heavy atom. The van der Waals surface area contributed by atoms with E-state index in [2.05, 4.69) is 96.6 Å². The average molecular weight is 374 g/mol. The van der Waals surface area contributed by atoms with Crippen molar-refractivity contribution in [1.29, 1.82) is 0 Å². The lowest BCUT2D eigenvalue weighted by Crippen LogP contribution is -2.20. The molecule has 1 heterocycles. The lowest BCUT2D eigenvalue weighted by molar-refractivity contribution is 0.827. The molecule has 0 aliphatic rings. The van der Waals surface area contributed by atoms with Crippen LogP contribution in [0.3, 0.4) is 0 Å². The van der Waals surface area contributed by atoms with Gasteiger partial charge in [-0.3, -0.25) is 0 Å². The minimum Gasteiger partial charge on any atom is -0.341 e. The number of benzene rings is 3. The van der Waals surface area contributed by atoms with Crippen molar-refractivity contribution in [1.82, 2.24) is 4.57 Å². The molecule has 0 saturated carbocycles. The first kappa shape index (κ1) is 17.6. The molecule has 27 heavy (non-hydrogen) atoms. The van der Waals surface area contributed by atoms with E-state index in [9.17, 15) is 0 Å². The van der Waals surface area contributed by atoms with E-state index >= 15 is 0 Å². The standard InChI is InChI=1S/C23H23N3S/c1-4-26-20-11-6-5-10-18(20)19-14-17(12-13-21(19)26)24-23(27)25-22-15(2)8-7-9-16(22)3/h5-14H,4H2,1-3H3,(H2,24,25,27). The van der Waals surface area contributed by atoms with Gasteiger partial charge >= 0.3 is 0 Å². The number of anilines is 2. The van der Waals surface area contributed by atoms with Crippen LogP contribution in [0.2, 0.25) is 0 Å². The number of hydrogen-bond donors (Lipinski definition) is 2. The fourth-order valence-corrected chi connectivity index (χ4v) is 3.98. The fraction of sp³-hybridized carbons (Fsp3) is 0.174. The highest BCUT2D eigenvalue weighted by atomic mass is 32.1. The zero-order valence-corrected chi connectivity index (χ0v) is 16.7. The van der Waals surface area contributed by atoms with Crippen molar-refractivity contribution in [2.45, 2.75) is 27.3 Å². The third kappa shape index (κ3) is 3.17. The van der Waals surface area contributed by atoms with Crippen molar-refractivity contribution in [2.24, 2.45) is 0 Å². The Kier molecular flexibility index (Phi) is 4.58. The summed E-state index contributed by atoms with van der Waals surface area (Å²) in [6, 6.07) is 21.2. The third-order valence-electron chi connectivity index (χ3n) is 5.07. The van der Waals surface area contributed by atoms with Gasteiger partial charge in [-0.2, -0.15) is 0 Å². The van der Waals surface area contributed by atoms with Crippen LogP contribution >= 0.6 is 12.2 Å². The van der Waals surface area contributed by atoms with Gasteiger partial charge in [0, 0.05) is 39.7 Å². The smallest absolute Gasteiger partial charge is 0.175 e. The van der Waals surface area contributed by atoms with E-state index < -0.39 is 0 Å². The highest BCUT2D eigenvalue weighted by molar-refractivity contribution is 7.80. The van der Waals surface area contributed by atoms with E-state index in [4.69, 9.17) is 12.2 Å². The summed E-state index contributed by atoms with van der Waals surface area (Å²) < 4.78 is 2.35. The SMILES string of the molecule is CCn1c2ccccc2c2cc(NC(=S)Nc3c(C)cccc3C)ccc21. The fourth-order valence-electron chi connectivity index (χ4n) is 3.76.